The molecule has 1 aromatic heterocycles. The van der Waals surface area contributed by atoms with Gasteiger partial charge in [-0.2, -0.15) is 5.10 Å². The van der Waals surface area contributed by atoms with Crippen LogP contribution >= 0.6 is 0 Å². The molecule has 6 nitrogen and oxygen atoms in total. The molecule has 6 heteroatoms. The molecule has 1 aromatic rings. The lowest BCUT2D eigenvalue weighted by Gasteiger charge is -2.10. The van der Waals surface area contributed by atoms with Gasteiger partial charge in [-0.15, -0.1) is 0 Å². The minimum atomic E-state index is -1.03. The molecule has 0 saturated heterocycles. The molecule has 1 heterocycles. The van der Waals surface area contributed by atoms with Gasteiger partial charge in [0.2, 0.25) is 5.91 Å². The van der Waals surface area contributed by atoms with Gasteiger partial charge in [0.05, 0.1) is 5.69 Å². The first-order chi connectivity index (χ1) is 7.93. The largest absolute Gasteiger partial charge is 0.478 e. The van der Waals surface area contributed by atoms with Gasteiger partial charge in [0.15, 0.2) is 0 Å². The fraction of sp³-hybridized carbons (Fsp3) is 0.545. The summed E-state index contributed by atoms with van der Waals surface area (Å²) in [5.41, 5.74) is 0.537. The topological polar surface area (TPSA) is 84.2 Å². The molecular weight excluding hydrogens is 222 g/mol. The number of carbonyl (C=O) groups excluding carboxylic acids is 1. The van der Waals surface area contributed by atoms with Crippen molar-refractivity contribution < 1.29 is 14.7 Å². The predicted molar refractivity (Wildman–Crippen MR) is 61.8 cm³/mol. The number of aryl methyl sites for hydroxylation is 1. The van der Waals surface area contributed by atoms with Gasteiger partial charge in [0.25, 0.3) is 0 Å². The van der Waals surface area contributed by atoms with Gasteiger partial charge in [0, 0.05) is 12.2 Å². The maximum atomic E-state index is 11.6. The van der Waals surface area contributed by atoms with E-state index < -0.39 is 5.97 Å². The molecular formula is C11H17N3O3. The second kappa shape index (κ2) is 5.47. The molecule has 94 valence electrons. The van der Waals surface area contributed by atoms with E-state index in [0.717, 1.165) is 6.42 Å². The molecule has 1 amide bonds. The first kappa shape index (κ1) is 13.2. The summed E-state index contributed by atoms with van der Waals surface area (Å²) in [6.07, 6.45) is 2.22. The lowest BCUT2D eigenvalue weighted by molar-refractivity contribution is -0.122. The number of amides is 1. The van der Waals surface area contributed by atoms with Crippen molar-refractivity contribution in [3.8, 4) is 0 Å². The van der Waals surface area contributed by atoms with E-state index in [1.165, 1.54) is 10.9 Å². The molecule has 0 aliphatic rings. The quantitative estimate of drug-likeness (QED) is 0.796. The zero-order chi connectivity index (χ0) is 13.0. The molecule has 0 bridgehead atoms. The third-order valence-corrected chi connectivity index (χ3v) is 2.50. The van der Waals surface area contributed by atoms with E-state index in [0.29, 0.717) is 5.69 Å². The summed E-state index contributed by atoms with van der Waals surface area (Å²) in [5, 5.41) is 15.6. The Morgan fingerprint density at radius 2 is 2.24 bits per heavy atom. The van der Waals surface area contributed by atoms with Crippen molar-refractivity contribution in [2.75, 3.05) is 0 Å². The van der Waals surface area contributed by atoms with Crippen molar-refractivity contribution in [2.45, 2.75) is 39.8 Å². The van der Waals surface area contributed by atoms with E-state index in [-0.39, 0.29) is 24.1 Å². The van der Waals surface area contributed by atoms with Crippen LogP contribution < -0.4 is 5.32 Å². The molecule has 0 aliphatic heterocycles. The first-order valence-electron chi connectivity index (χ1n) is 5.50. The van der Waals surface area contributed by atoms with E-state index in [9.17, 15) is 9.59 Å². The molecule has 1 unspecified atom stereocenters. The molecule has 0 saturated carbocycles. The third kappa shape index (κ3) is 3.58. The van der Waals surface area contributed by atoms with Crippen LogP contribution in [0.3, 0.4) is 0 Å². The number of hydrogen-bond acceptors (Lipinski definition) is 3. The second-order valence-corrected chi connectivity index (χ2v) is 4.01. The van der Waals surface area contributed by atoms with Gasteiger partial charge >= 0.3 is 5.97 Å². The number of aromatic carboxylic acids is 1. The summed E-state index contributed by atoms with van der Waals surface area (Å²) >= 11 is 0. The van der Waals surface area contributed by atoms with Crippen LogP contribution in [0.2, 0.25) is 0 Å². The van der Waals surface area contributed by atoms with E-state index >= 15 is 0 Å². The van der Waals surface area contributed by atoms with Crippen molar-refractivity contribution in [1.29, 1.82) is 0 Å². The monoisotopic (exact) mass is 239 g/mol. The number of aromatic nitrogens is 2. The Labute approximate surface area is 99.6 Å². The van der Waals surface area contributed by atoms with Crippen LogP contribution in [0.15, 0.2) is 6.20 Å². The summed E-state index contributed by atoms with van der Waals surface area (Å²) in [7, 11) is 0. The van der Waals surface area contributed by atoms with E-state index in [1.54, 1.807) is 6.92 Å². The van der Waals surface area contributed by atoms with Crippen LogP contribution in [0.5, 0.6) is 0 Å². The Balaban J connectivity index is 2.66. The highest BCUT2D eigenvalue weighted by Gasteiger charge is 2.13. The fourth-order valence-electron chi connectivity index (χ4n) is 1.38. The van der Waals surface area contributed by atoms with Crippen molar-refractivity contribution in [1.82, 2.24) is 15.1 Å². The number of carbonyl (C=O) groups is 2. The minimum absolute atomic E-state index is 0.0401. The Hall–Kier alpha value is -1.85. The summed E-state index contributed by atoms with van der Waals surface area (Å²) in [5.74, 6) is -1.20. The Morgan fingerprint density at radius 1 is 1.59 bits per heavy atom. The molecule has 0 fully saturated rings. The molecule has 0 aliphatic carbocycles. The lowest BCUT2D eigenvalue weighted by atomic mass is 10.2. The standard InChI is InChI=1S/C11H17N3O3/c1-4-7(2)12-10(15)6-14-5-9(11(16)17)8(3)13-14/h5,7H,4,6H2,1-3H3,(H,12,15)(H,16,17). The average molecular weight is 239 g/mol. The van der Waals surface area contributed by atoms with Crippen LogP contribution in [0.1, 0.15) is 36.3 Å². The molecule has 0 aromatic carbocycles. The summed E-state index contributed by atoms with van der Waals surface area (Å²) in [4.78, 5) is 22.3. The first-order valence-corrected chi connectivity index (χ1v) is 5.50. The third-order valence-electron chi connectivity index (χ3n) is 2.50. The number of carboxylic acid groups (broad SMARTS) is 1. The highest BCUT2D eigenvalue weighted by atomic mass is 16.4. The van der Waals surface area contributed by atoms with Crippen LogP contribution in [0.25, 0.3) is 0 Å². The van der Waals surface area contributed by atoms with Crippen LogP contribution in [0, 0.1) is 6.92 Å². The van der Waals surface area contributed by atoms with Crippen molar-refractivity contribution in [2.24, 2.45) is 0 Å². The van der Waals surface area contributed by atoms with E-state index in [1.807, 2.05) is 13.8 Å². The zero-order valence-electron chi connectivity index (χ0n) is 10.2. The number of hydrogen-bond donors (Lipinski definition) is 2. The van der Waals surface area contributed by atoms with Crippen molar-refractivity contribution in [3.05, 3.63) is 17.5 Å². The second-order valence-electron chi connectivity index (χ2n) is 4.01. The van der Waals surface area contributed by atoms with Gasteiger partial charge in [-0.3, -0.25) is 9.48 Å². The molecule has 0 spiro atoms. The lowest BCUT2D eigenvalue weighted by Crippen LogP contribution is -2.34. The highest BCUT2D eigenvalue weighted by Crippen LogP contribution is 2.05. The highest BCUT2D eigenvalue weighted by molar-refractivity contribution is 5.88. The maximum Gasteiger partial charge on any atom is 0.339 e. The maximum absolute atomic E-state index is 11.6. The number of nitrogens with zero attached hydrogens (tertiary/aromatic N) is 2. The van der Waals surface area contributed by atoms with Gasteiger partial charge in [-0.25, -0.2) is 4.79 Å². The fourth-order valence-corrected chi connectivity index (χ4v) is 1.38. The summed E-state index contributed by atoms with van der Waals surface area (Å²) in [6, 6.07) is 0.109. The van der Waals surface area contributed by atoms with Gasteiger partial charge < -0.3 is 10.4 Å². The molecule has 1 rings (SSSR count). The number of carboxylic acids is 1. The summed E-state index contributed by atoms with van der Waals surface area (Å²) < 4.78 is 1.34. The van der Waals surface area contributed by atoms with Crippen molar-refractivity contribution in [3.63, 3.8) is 0 Å². The normalized spacial score (nSPS) is 12.2. The van der Waals surface area contributed by atoms with Crippen molar-refractivity contribution >= 4 is 11.9 Å². The van der Waals surface area contributed by atoms with Crippen LogP contribution in [-0.2, 0) is 11.3 Å². The van der Waals surface area contributed by atoms with Crippen LogP contribution in [-0.4, -0.2) is 32.8 Å². The van der Waals surface area contributed by atoms with Gasteiger partial charge in [0.1, 0.15) is 12.1 Å². The van der Waals surface area contributed by atoms with E-state index in [2.05, 4.69) is 10.4 Å². The SMILES string of the molecule is CCC(C)NC(=O)Cn1cc(C(=O)O)c(C)n1. The zero-order valence-corrected chi connectivity index (χ0v) is 10.2. The molecule has 17 heavy (non-hydrogen) atoms. The average Bonchev–Trinajstić information content (AvgIpc) is 2.59. The molecule has 0 radical (unpaired) electrons. The van der Waals surface area contributed by atoms with Gasteiger partial charge in [-0.05, 0) is 20.3 Å². The Morgan fingerprint density at radius 3 is 2.71 bits per heavy atom. The van der Waals surface area contributed by atoms with Crippen LogP contribution in [0.4, 0.5) is 0 Å². The number of rotatable bonds is 5. The smallest absolute Gasteiger partial charge is 0.339 e. The Kier molecular flexibility index (Phi) is 4.25. The minimum Gasteiger partial charge on any atom is -0.478 e. The predicted octanol–water partition coefficient (Wildman–Crippen LogP) is 0.804. The molecule has 2 N–H and O–H groups in total. The Bertz CT molecular complexity index is 426. The van der Waals surface area contributed by atoms with Gasteiger partial charge in [-0.1, -0.05) is 6.92 Å². The molecule has 1 atom stereocenters. The summed E-state index contributed by atoms with van der Waals surface area (Å²) in [6.45, 7) is 5.53. The number of nitrogens with one attached hydrogen (secondary N) is 1. The van der Waals surface area contributed by atoms with E-state index in [4.69, 9.17) is 5.11 Å².